The summed E-state index contributed by atoms with van der Waals surface area (Å²) in [7, 11) is 2.79. The highest BCUT2D eigenvalue weighted by atomic mass is 19.1. The van der Waals surface area contributed by atoms with E-state index in [4.69, 9.17) is 9.47 Å². The number of hydrogen-bond donors (Lipinski definition) is 0. The quantitative estimate of drug-likeness (QED) is 0.459. The number of Topliss-reactive ketones (excluding diaryl/α,β-unsaturated/α-hetero) is 1. The van der Waals surface area contributed by atoms with Crippen molar-refractivity contribution < 1.29 is 28.2 Å². The van der Waals surface area contributed by atoms with Gasteiger partial charge in [-0.05, 0) is 32.9 Å². The van der Waals surface area contributed by atoms with E-state index in [-0.39, 0.29) is 29.2 Å². The van der Waals surface area contributed by atoms with Gasteiger partial charge in [-0.2, -0.15) is 0 Å². The van der Waals surface area contributed by atoms with E-state index in [9.17, 15) is 14.0 Å². The van der Waals surface area contributed by atoms with Gasteiger partial charge in [0.05, 0.1) is 20.8 Å². The molecule has 0 bridgehead atoms. The zero-order chi connectivity index (χ0) is 16.2. The number of benzene rings is 1. The third-order valence-electron chi connectivity index (χ3n) is 2.87. The first kappa shape index (κ1) is 16.9. The van der Waals surface area contributed by atoms with Crippen LogP contribution in [0.15, 0.2) is 12.1 Å². The first-order chi connectivity index (χ1) is 9.76. The number of rotatable bonds is 6. The van der Waals surface area contributed by atoms with Gasteiger partial charge < -0.3 is 14.2 Å². The molecule has 5 nitrogen and oxygen atoms in total. The molecule has 1 rings (SSSR count). The van der Waals surface area contributed by atoms with Crippen molar-refractivity contribution in [3.05, 3.63) is 23.3 Å². The third kappa shape index (κ3) is 3.71. The van der Waals surface area contributed by atoms with E-state index in [1.54, 1.807) is 6.92 Å². The average Bonchev–Trinajstić information content (AvgIpc) is 2.44. The number of halogens is 1. The van der Waals surface area contributed by atoms with Gasteiger partial charge in [-0.25, -0.2) is 9.18 Å². The fraction of sp³-hybridized carbons (Fsp3) is 0.467. The number of alkyl halides is 1. The van der Waals surface area contributed by atoms with Crippen molar-refractivity contribution >= 4 is 11.8 Å². The molecule has 0 aliphatic rings. The van der Waals surface area contributed by atoms with Gasteiger partial charge in [0.2, 0.25) is 0 Å². The number of ether oxygens (including phenoxy) is 3. The van der Waals surface area contributed by atoms with Crippen molar-refractivity contribution in [1.29, 1.82) is 0 Å². The molecular weight excluding hydrogens is 279 g/mol. The standard InChI is InChI=1S/C15H19FO5/c1-6-21-14(18)13(17)9-7-11(19-4)12(20-5)8-10(9)15(2,3)16/h7-8H,6H2,1-5H3. The monoisotopic (exact) mass is 298 g/mol. The summed E-state index contributed by atoms with van der Waals surface area (Å²) in [5.41, 5.74) is -1.89. The van der Waals surface area contributed by atoms with Crippen LogP contribution < -0.4 is 9.47 Å². The molecule has 0 saturated carbocycles. The molecule has 6 heteroatoms. The largest absolute Gasteiger partial charge is 0.493 e. The van der Waals surface area contributed by atoms with Crippen LogP contribution in [0.5, 0.6) is 11.5 Å². The lowest BCUT2D eigenvalue weighted by Gasteiger charge is -2.20. The van der Waals surface area contributed by atoms with Gasteiger partial charge in [0.25, 0.3) is 5.78 Å². The zero-order valence-corrected chi connectivity index (χ0v) is 12.8. The topological polar surface area (TPSA) is 61.8 Å². The van der Waals surface area contributed by atoms with Crippen LogP contribution in [0.2, 0.25) is 0 Å². The molecule has 116 valence electrons. The van der Waals surface area contributed by atoms with Crippen molar-refractivity contribution in [2.45, 2.75) is 26.4 Å². The molecule has 0 atom stereocenters. The van der Waals surface area contributed by atoms with Gasteiger partial charge in [-0.15, -0.1) is 0 Å². The Kier molecular flexibility index (Phi) is 5.29. The minimum absolute atomic E-state index is 0.0400. The molecule has 0 saturated heterocycles. The van der Waals surface area contributed by atoms with Crippen molar-refractivity contribution in [2.75, 3.05) is 20.8 Å². The molecular formula is C15H19FO5. The second-order valence-corrected chi connectivity index (χ2v) is 4.77. The predicted octanol–water partition coefficient (Wildman–Crippen LogP) is 2.65. The molecule has 0 fully saturated rings. The molecule has 1 aromatic carbocycles. The predicted molar refractivity (Wildman–Crippen MR) is 74.6 cm³/mol. The maximum Gasteiger partial charge on any atom is 0.379 e. The molecule has 0 N–H and O–H groups in total. The van der Waals surface area contributed by atoms with E-state index in [1.807, 2.05) is 0 Å². The molecule has 0 radical (unpaired) electrons. The molecule has 0 spiro atoms. The number of carbonyl (C=O) groups excluding carboxylic acids is 2. The SMILES string of the molecule is CCOC(=O)C(=O)c1cc(OC)c(OC)cc1C(C)(C)F. The van der Waals surface area contributed by atoms with Crippen LogP contribution >= 0.6 is 0 Å². The van der Waals surface area contributed by atoms with E-state index >= 15 is 0 Å². The first-order valence-electron chi connectivity index (χ1n) is 6.43. The summed E-state index contributed by atoms with van der Waals surface area (Å²) in [6.07, 6.45) is 0. The van der Waals surface area contributed by atoms with Crippen LogP contribution in [0.4, 0.5) is 4.39 Å². The van der Waals surface area contributed by atoms with Gasteiger partial charge in [0.15, 0.2) is 11.5 Å². The maximum absolute atomic E-state index is 14.3. The normalized spacial score (nSPS) is 11.0. The Hall–Kier alpha value is -2.11. The molecule has 0 aliphatic carbocycles. The highest BCUT2D eigenvalue weighted by Crippen LogP contribution is 2.37. The Morgan fingerprint density at radius 3 is 2.10 bits per heavy atom. The molecule has 21 heavy (non-hydrogen) atoms. The van der Waals surface area contributed by atoms with Crippen molar-refractivity contribution in [3.8, 4) is 11.5 Å². The fourth-order valence-corrected chi connectivity index (χ4v) is 1.87. The van der Waals surface area contributed by atoms with Gasteiger partial charge >= 0.3 is 5.97 Å². The second-order valence-electron chi connectivity index (χ2n) is 4.77. The van der Waals surface area contributed by atoms with Gasteiger partial charge in [-0.3, -0.25) is 4.79 Å². The van der Waals surface area contributed by atoms with Crippen molar-refractivity contribution in [3.63, 3.8) is 0 Å². The molecule has 0 aliphatic heterocycles. The molecule has 1 aromatic rings. The lowest BCUT2D eigenvalue weighted by atomic mass is 9.91. The van der Waals surface area contributed by atoms with Gasteiger partial charge in [0.1, 0.15) is 5.67 Å². The van der Waals surface area contributed by atoms with Crippen LogP contribution in [-0.2, 0) is 15.2 Å². The number of ketones is 1. The van der Waals surface area contributed by atoms with E-state index < -0.39 is 17.4 Å². The van der Waals surface area contributed by atoms with Crippen LogP contribution in [0.1, 0.15) is 36.7 Å². The number of carbonyl (C=O) groups is 2. The fourth-order valence-electron chi connectivity index (χ4n) is 1.87. The van der Waals surface area contributed by atoms with Crippen molar-refractivity contribution in [1.82, 2.24) is 0 Å². The Balaban J connectivity index is 3.47. The second kappa shape index (κ2) is 6.56. The third-order valence-corrected chi connectivity index (χ3v) is 2.87. The molecule has 0 unspecified atom stereocenters. The number of hydrogen-bond acceptors (Lipinski definition) is 5. The molecule has 0 amide bonds. The maximum atomic E-state index is 14.3. The van der Waals surface area contributed by atoms with Crippen LogP contribution in [-0.4, -0.2) is 32.6 Å². The van der Waals surface area contributed by atoms with Crippen LogP contribution in [0.25, 0.3) is 0 Å². The van der Waals surface area contributed by atoms with E-state index in [1.165, 1.54) is 40.2 Å². The highest BCUT2D eigenvalue weighted by molar-refractivity contribution is 6.41. The van der Waals surface area contributed by atoms with Gasteiger partial charge in [0, 0.05) is 11.1 Å². The lowest BCUT2D eigenvalue weighted by Crippen LogP contribution is -2.23. The van der Waals surface area contributed by atoms with E-state index in [0.717, 1.165) is 0 Å². The summed E-state index contributed by atoms with van der Waals surface area (Å²) in [6, 6.07) is 2.64. The number of esters is 1. The van der Waals surface area contributed by atoms with Gasteiger partial charge in [-0.1, -0.05) is 0 Å². The summed E-state index contributed by atoms with van der Waals surface area (Å²) >= 11 is 0. The molecule has 0 aromatic heterocycles. The lowest BCUT2D eigenvalue weighted by molar-refractivity contribution is -0.137. The van der Waals surface area contributed by atoms with E-state index in [0.29, 0.717) is 0 Å². The zero-order valence-electron chi connectivity index (χ0n) is 12.8. The summed E-state index contributed by atoms with van der Waals surface area (Å²) in [5, 5.41) is 0. The highest BCUT2D eigenvalue weighted by Gasteiger charge is 2.31. The molecule has 0 heterocycles. The summed E-state index contributed by atoms with van der Waals surface area (Å²) in [4.78, 5) is 23.7. The van der Waals surface area contributed by atoms with Crippen LogP contribution in [0.3, 0.4) is 0 Å². The smallest absolute Gasteiger partial charge is 0.379 e. The van der Waals surface area contributed by atoms with Crippen molar-refractivity contribution in [2.24, 2.45) is 0 Å². The Morgan fingerprint density at radius 2 is 1.67 bits per heavy atom. The van der Waals surface area contributed by atoms with Crippen LogP contribution in [0, 0.1) is 0 Å². The Morgan fingerprint density at radius 1 is 1.14 bits per heavy atom. The summed E-state index contributed by atoms with van der Waals surface area (Å²) in [5.74, 6) is -1.44. The Bertz CT molecular complexity index is 546. The average molecular weight is 298 g/mol. The Labute approximate surface area is 123 Å². The minimum Gasteiger partial charge on any atom is -0.493 e. The first-order valence-corrected chi connectivity index (χ1v) is 6.43. The summed E-state index contributed by atoms with van der Waals surface area (Å²) in [6.45, 7) is 4.22. The van der Waals surface area contributed by atoms with E-state index in [2.05, 4.69) is 4.74 Å². The number of methoxy groups -OCH3 is 2. The minimum atomic E-state index is -1.84. The summed E-state index contributed by atoms with van der Waals surface area (Å²) < 4.78 is 29.2.